The molecule has 0 saturated heterocycles. The molecular formula is C18H31NO. The van der Waals surface area contributed by atoms with Gasteiger partial charge < -0.3 is 10.5 Å². The molecule has 2 N–H and O–H groups in total. The lowest BCUT2D eigenvalue weighted by Crippen LogP contribution is -2.11. The fraction of sp³-hybridized carbons (Fsp3) is 0.667. The minimum absolute atomic E-state index is 0.290. The molecule has 20 heavy (non-hydrogen) atoms. The molecule has 0 aliphatic heterocycles. The molecule has 0 saturated carbocycles. The summed E-state index contributed by atoms with van der Waals surface area (Å²) in [7, 11) is 0. The Bertz CT molecular complexity index is 334. The number of hydrogen-bond acceptors (Lipinski definition) is 2. The average Bonchev–Trinajstić information content (AvgIpc) is 2.44. The molecule has 0 radical (unpaired) electrons. The molecule has 1 aromatic rings. The fourth-order valence-electron chi connectivity index (χ4n) is 2.40. The number of rotatable bonds is 11. The number of nitrogens with two attached hydrogens (primary N) is 1. The van der Waals surface area contributed by atoms with Crippen molar-refractivity contribution in [3.8, 4) is 5.75 Å². The topological polar surface area (TPSA) is 35.2 Å². The van der Waals surface area contributed by atoms with Gasteiger partial charge in [-0.3, -0.25) is 0 Å². The number of unbranched alkanes of at least 4 members (excludes halogenated alkanes) is 7. The van der Waals surface area contributed by atoms with Crippen molar-refractivity contribution >= 4 is 5.69 Å². The van der Waals surface area contributed by atoms with Crippen LogP contribution in [0.15, 0.2) is 24.3 Å². The largest absolute Gasteiger partial charge is 0.491 e. The monoisotopic (exact) mass is 277 g/mol. The van der Waals surface area contributed by atoms with Crippen molar-refractivity contribution in [2.45, 2.75) is 77.7 Å². The van der Waals surface area contributed by atoms with Gasteiger partial charge >= 0.3 is 0 Å². The second kappa shape index (κ2) is 10.6. The predicted molar refractivity (Wildman–Crippen MR) is 88.2 cm³/mol. The molecule has 0 aliphatic carbocycles. The van der Waals surface area contributed by atoms with Crippen LogP contribution in [0, 0.1) is 0 Å². The van der Waals surface area contributed by atoms with Crippen molar-refractivity contribution in [1.82, 2.24) is 0 Å². The van der Waals surface area contributed by atoms with E-state index < -0.39 is 0 Å². The molecule has 0 amide bonds. The Balaban J connectivity index is 2.00. The van der Waals surface area contributed by atoms with Gasteiger partial charge in [0.25, 0.3) is 0 Å². The van der Waals surface area contributed by atoms with Crippen LogP contribution in [0.1, 0.15) is 71.6 Å². The Morgan fingerprint density at radius 2 is 1.45 bits per heavy atom. The molecule has 0 fully saturated rings. The van der Waals surface area contributed by atoms with Crippen molar-refractivity contribution in [2.24, 2.45) is 0 Å². The maximum atomic E-state index is 5.87. The van der Waals surface area contributed by atoms with Crippen LogP contribution in [0.25, 0.3) is 0 Å². The minimum atomic E-state index is 0.290. The Hall–Kier alpha value is -1.18. The number of benzene rings is 1. The van der Waals surface area contributed by atoms with Gasteiger partial charge in [0.1, 0.15) is 5.75 Å². The van der Waals surface area contributed by atoms with Gasteiger partial charge in [-0.15, -0.1) is 0 Å². The van der Waals surface area contributed by atoms with Crippen LogP contribution in [0.2, 0.25) is 0 Å². The first-order valence-corrected chi connectivity index (χ1v) is 8.24. The van der Waals surface area contributed by atoms with E-state index in [2.05, 4.69) is 13.8 Å². The maximum absolute atomic E-state index is 5.87. The molecule has 1 atom stereocenters. The molecule has 0 aromatic heterocycles. The summed E-state index contributed by atoms with van der Waals surface area (Å²) in [6.07, 6.45) is 12.3. The molecule has 1 aromatic carbocycles. The standard InChI is InChI=1S/C18H31NO/c1-3-4-5-6-7-8-9-10-11-16(2)20-18-14-12-17(19)13-15-18/h12-16H,3-11,19H2,1-2H3. The molecule has 0 heterocycles. The lowest BCUT2D eigenvalue weighted by molar-refractivity contribution is 0.206. The first-order chi connectivity index (χ1) is 9.72. The van der Waals surface area contributed by atoms with Crippen molar-refractivity contribution in [3.05, 3.63) is 24.3 Å². The fourth-order valence-corrected chi connectivity index (χ4v) is 2.40. The van der Waals surface area contributed by atoms with Crippen LogP contribution in [-0.4, -0.2) is 6.10 Å². The first kappa shape index (κ1) is 16.9. The summed E-state index contributed by atoms with van der Waals surface area (Å²) in [4.78, 5) is 0. The van der Waals surface area contributed by atoms with Gasteiger partial charge in [-0.25, -0.2) is 0 Å². The molecule has 0 bridgehead atoms. The molecule has 1 rings (SSSR count). The first-order valence-electron chi connectivity index (χ1n) is 8.24. The molecule has 0 aliphatic rings. The minimum Gasteiger partial charge on any atom is -0.491 e. The number of nitrogen functional groups attached to an aromatic ring is 1. The van der Waals surface area contributed by atoms with Gasteiger partial charge in [0.05, 0.1) is 6.10 Å². The van der Waals surface area contributed by atoms with Gasteiger partial charge in [0.2, 0.25) is 0 Å². The third kappa shape index (κ3) is 8.08. The summed E-state index contributed by atoms with van der Waals surface area (Å²) in [6.45, 7) is 4.42. The van der Waals surface area contributed by atoms with Crippen molar-refractivity contribution in [2.75, 3.05) is 5.73 Å². The van der Waals surface area contributed by atoms with Gasteiger partial charge in [-0.1, -0.05) is 51.9 Å². The molecule has 2 heteroatoms. The van der Waals surface area contributed by atoms with Gasteiger partial charge in [-0.2, -0.15) is 0 Å². The SMILES string of the molecule is CCCCCCCCCCC(C)Oc1ccc(N)cc1. The quantitative estimate of drug-likeness (QED) is 0.424. The van der Waals surface area contributed by atoms with E-state index in [1.807, 2.05) is 24.3 Å². The normalized spacial score (nSPS) is 12.3. The van der Waals surface area contributed by atoms with E-state index in [4.69, 9.17) is 10.5 Å². The molecular weight excluding hydrogens is 246 g/mol. The zero-order valence-electron chi connectivity index (χ0n) is 13.2. The maximum Gasteiger partial charge on any atom is 0.119 e. The second-order valence-electron chi connectivity index (χ2n) is 5.76. The number of anilines is 1. The second-order valence-corrected chi connectivity index (χ2v) is 5.76. The Morgan fingerprint density at radius 3 is 2.05 bits per heavy atom. The highest BCUT2D eigenvalue weighted by atomic mass is 16.5. The molecule has 114 valence electrons. The molecule has 2 nitrogen and oxygen atoms in total. The van der Waals surface area contributed by atoms with Crippen molar-refractivity contribution < 1.29 is 4.74 Å². The molecule has 1 unspecified atom stereocenters. The van der Waals surface area contributed by atoms with Crippen LogP contribution < -0.4 is 10.5 Å². The van der Waals surface area contributed by atoms with Crippen LogP contribution in [0.5, 0.6) is 5.75 Å². The van der Waals surface area contributed by atoms with E-state index in [9.17, 15) is 0 Å². The van der Waals surface area contributed by atoms with Crippen LogP contribution >= 0.6 is 0 Å². The van der Waals surface area contributed by atoms with Crippen LogP contribution in [0.4, 0.5) is 5.69 Å². The lowest BCUT2D eigenvalue weighted by atomic mass is 10.1. The van der Waals surface area contributed by atoms with Gasteiger partial charge in [0, 0.05) is 5.69 Å². The summed E-state index contributed by atoms with van der Waals surface area (Å²) >= 11 is 0. The Morgan fingerprint density at radius 1 is 0.900 bits per heavy atom. The lowest BCUT2D eigenvalue weighted by Gasteiger charge is -2.14. The zero-order chi connectivity index (χ0) is 14.6. The van der Waals surface area contributed by atoms with Crippen LogP contribution in [-0.2, 0) is 0 Å². The summed E-state index contributed by atoms with van der Waals surface area (Å²) in [6, 6.07) is 7.66. The summed E-state index contributed by atoms with van der Waals surface area (Å²) in [5.74, 6) is 0.922. The highest BCUT2D eigenvalue weighted by molar-refractivity contribution is 5.41. The van der Waals surface area contributed by atoms with Gasteiger partial charge in [-0.05, 0) is 44.0 Å². The van der Waals surface area contributed by atoms with Crippen LogP contribution in [0.3, 0.4) is 0 Å². The number of hydrogen-bond donors (Lipinski definition) is 1. The summed E-state index contributed by atoms with van der Waals surface area (Å²) in [5, 5.41) is 0. The third-order valence-corrected chi connectivity index (χ3v) is 3.68. The average molecular weight is 277 g/mol. The van der Waals surface area contributed by atoms with Crippen molar-refractivity contribution in [1.29, 1.82) is 0 Å². The third-order valence-electron chi connectivity index (χ3n) is 3.68. The Labute approximate surface area is 124 Å². The summed E-state index contributed by atoms with van der Waals surface area (Å²) in [5.41, 5.74) is 6.44. The Kier molecular flexibility index (Phi) is 8.93. The van der Waals surface area contributed by atoms with E-state index in [0.29, 0.717) is 6.10 Å². The smallest absolute Gasteiger partial charge is 0.119 e. The van der Waals surface area contributed by atoms with E-state index >= 15 is 0 Å². The van der Waals surface area contributed by atoms with E-state index in [0.717, 1.165) is 17.9 Å². The predicted octanol–water partition coefficient (Wildman–Crippen LogP) is 5.57. The van der Waals surface area contributed by atoms with E-state index in [1.54, 1.807) is 0 Å². The highest BCUT2D eigenvalue weighted by Gasteiger charge is 2.03. The zero-order valence-corrected chi connectivity index (χ0v) is 13.2. The molecule has 0 spiro atoms. The summed E-state index contributed by atoms with van der Waals surface area (Å²) < 4.78 is 5.87. The van der Waals surface area contributed by atoms with E-state index in [-0.39, 0.29) is 0 Å². The van der Waals surface area contributed by atoms with Crippen molar-refractivity contribution in [3.63, 3.8) is 0 Å². The van der Waals surface area contributed by atoms with E-state index in [1.165, 1.54) is 51.4 Å². The van der Waals surface area contributed by atoms with Gasteiger partial charge in [0.15, 0.2) is 0 Å². The number of ether oxygens (including phenoxy) is 1. The highest BCUT2D eigenvalue weighted by Crippen LogP contribution is 2.17.